The Morgan fingerprint density at radius 1 is 1.06 bits per heavy atom. The van der Waals surface area contributed by atoms with Crippen molar-refractivity contribution in [1.82, 2.24) is 19.9 Å². The molecule has 0 aliphatic carbocycles. The van der Waals surface area contributed by atoms with Crippen LogP contribution < -0.4 is 4.74 Å². The van der Waals surface area contributed by atoms with E-state index in [2.05, 4.69) is 66.1 Å². The molecule has 32 heavy (non-hydrogen) atoms. The van der Waals surface area contributed by atoms with Crippen LogP contribution in [0.3, 0.4) is 0 Å². The van der Waals surface area contributed by atoms with E-state index in [9.17, 15) is 0 Å². The van der Waals surface area contributed by atoms with Crippen LogP contribution in [0.5, 0.6) is 5.75 Å². The Labute approximate surface area is 189 Å². The molecule has 0 atom stereocenters. The number of aromatic nitrogens is 3. The van der Waals surface area contributed by atoms with Crippen molar-refractivity contribution in [3.8, 4) is 5.75 Å². The minimum absolute atomic E-state index is 0.0215. The first-order valence-electron chi connectivity index (χ1n) is 11.3. The number of nitrogens with one attached hydrogen (secondary N) is 1. The van der Waals surface area contributed by atoms with E-state index in [1.807, 2.05) is 30.5 Å². The van der Waals surface area contributed by atoms with Crippen molar-refractivity contribution in [3.05, 3.63) is 89.1 Å². The van der Waals surface area contributed by atoms with E-state index in [4.69, 9.17) is 9.72 Å². The molecular weight excluding hydrogens is 396 g/mol. The van der Waals surface area contributed by atoms with Crippen molar-refractivity contribution in [2.75, 3.05) is 6.54 Å². The van der Waals surface area contributed by atoms with Crippen molar-refractivity contribution < 1.29 is 4.74 Å². The zero-order valence-corrected chi connectivity index (χ0v) is 19.1. The predicted octanol–water partition coefficient (Wildman–Crippen LogP) is 5.39. The fraction of sp³-hybridized carbons (Fsp3) is 0.333. The standard InChI is InChI=1S/C27H30N4O/c1-27(2,3)26-29-14-20-16-31(13-12-22(20)30-26)17-21-15-28-23-10-7-11-24(25(21)23)32-18-19-8-5-4-6-9-19/h4-11,14-15,28H,12-13,16-18H2,1-3H3. The molecule has 0 unspecified atom stereocenters. The van der Waals surface area contributed by atoms with Crippen molar-refractivity contribution in [3.63, 3.8) is 0 Å². The van der Waals surface area contributed by atoms with Gasteiger partial charge in [0, 0.05) is 66.0 Å². The summed E-state index contributed by atoms with van der Waals surface area (Å²) in [5, 5.41) is 1.17. The first kappa shape index (κ1) is 20.7. The molecule has 5 heteroatoms. The molecule has 0 bridgehead atoms. The zero-order valence-electron chi connectivity index (χ0n) is 19.1. The van der Waals surface area contributed by atoms with Crippen LogP contribution in [0, 0.1) is 0 Å². The van der Waals surface area contributed by atoms with E-state index in [-0.39, 0.29) is 5.41 Å². The first-order valence-corrected chi connectivity index (χ1v) is 11.3. The molecule has 4 aromatic rings. The normalized spacial score (nSPS) is 14.5. The summed E-state index contributed by atoms with van der Waals surface area (Å²) >= 11 is 0. The lowest BCUT2D eigenvalue weighted by atomic mass is 9.95. The molecule has 5 nitrogen and oxygen atoms in total. The maximum Gasteiger partial charge on any atom is 0.133 e. The molecule has 1 aliphatic heterocycles. The molecule has 2 aromatic heterocycles. The van der Waals surface area contributed by atoms with Crippen LogP contribution in [0.4, 0.5) is 0 Å². The van der Waals surface area contributed by atoms with Gasteiger partial charge in [-0.25, -0.2) is 9.97 Å². The van der Waals surface area contributed by atoms with E-state index in [1.54, 1.807) is 0 Å². The third-order valence-electron chi connectivity index (χ3n) is 6.06. The lowest BCUT2D eigenvalue weighted by molar-refractivity contribution is 0.242. The van der Waals surface area contributed by atoms with Crippen molar-refractivity contribution in [2.24, 2.45) is 0 Å². The number of ether oxygens (including phenoxy) is 1. The summed E-state index contributed by atoms with van der Waals surface area (Å²) in [6.45, 7) is 9.79. The summed E-state index contributed by atoms with van der Waals surface area (Å²) in [5.74, 6) is 1.86. The van der Waals surface area contributed by atoms with Crippen LogP contribution in [0.1, 0.15) is 49.0 Å². The van der Waals surface area contributed by atoms with Crippen molar-refractivity contribution in [1.29, 1.82) is 0 Å². The van der Waals surface area contributed by atoms with Gasteiger partial charge < -0.3 is 9.72 Å². The average molecular weight is 427 g/mol. The fourth-order valence-corrected chi connectivity index (χ4v) is 4.31. The highest BCUT2D eigenvalue weighted by atomic mass is 16.5. The van der Waals surface area contributed by atoms with Gasteiger partial charge in [0.1, 0.15) is 18.2 Å². The molecule has 2 aromatic carbocycles. The molecule has 0 fully saturated rings. The van der Waals surface area contributed by atoms with Crippen LogP contribution in [0.15, 0.2) is 60.9 Å². The SMILES string of the molecule is CC(C)(C)c1ncc2c(n1)CCN(Cc1c[nH]c3cccc(OCc4ccccc4)c13)C2. The molecule has 1 aliphatic rings. The van der Waals surface area contributed by atoms with Gasteiger partial charge in [0.15, 0.2) is 0 Å². The number of hydrogen-bond donors (Lipinski definition) is 1. The summed E-state index contributed by atoms with van der Waals surface area (Å²) in [6.07, 6.45) is 5.11. The van der Waals surface area contributed by atoms with Gasteiger partial charge in [0.05, 0.1) is 0 Å². The van der Waals surface area contributed by atoms with Crippen LogP contribution in [-0.4, -0.2) is 26.4 Å². The summed E-state index contributed by atoms with van der Waals surface area (Å²) in [6, 6.07) is 16.5. The second-order valence-corrected chi connectivity index (χ2v) is 9.64. The smallest absolute Gasteiger partial charge is 0.133 e. The second-order valence-electron chi connectivity index (χ2n) is 9.64. The third-order valence-corrected chi connectivity index (χ3v) is 6.06. The lowest BCUT2D eigenvalue weighted by Crippen LogP contribution is -2.31. The third kappa shape index (κ3) is 4.26. The Morgan fingerprint density at radius 2 is 1.91 bits per heavy atom. The van der Waals surface area contributed by atoms with Crippen LogP contribution in [-0.2, 0) is 31.5 Å². The van der Waals surface area contributed by atoms with Gasteiger partial charge in [-0.2, -0.15) is 0 Å². The van der Waals surface area contributed by atoms with E-state index < -0.39 is 0 Å². The Morgan fingerprint density at radius 3 is 2.72 bits per heavy atom. The van der Waals surface area contributed by atoms with Gasteiger partial charge in [0.2, 0.25) is 0 Å². The van der Waals surface area contributed by atoms with E-state index >= 15 is 0 Å². The first-order chi connectivity index (χ1) is 15.5. The number of H-pyrrole nitrogens is 1. The van der Waals surface area contributed by atoms with E-state index in [0.717, 1.165) is 43.1 Å². The van der Waals surface area contributed by atoms with Gasteiger partial charge in [-0.3, -0.25) is 4.90 Å². The molecule has 5 rings (SSSR count). The predicted molar refractivity (Wildman–Crippen MR) is 128 cm³/mol. The summed E-state index contributed by atoms with van der Waals surface area (Å²) in [5.41, 5.74) is 5.97. The Hall–Kier alpha value is -3.18. The Balaban J connectivity index is 1.35. The molecular formula is C27H30N4O. The molecule has 0 radical (unpaired) electrons. The van der Waals surface area contributed by atoms with Gasteiger partial charge in [-0.05, 0) is 23.3 Å². The van der Waals surface area contributed by atoms with Gasteiger partial charge in [0.25, 0.3) is 0 Å². The number of fused-ring (bicyclic) bond motifs is 2. The van der Waals surface area contributed by atoms with Gasteiger partial charge in [-0.15, -0.1) is 0 Å². The Kier molecular flexibility index (Phi) is 5.43. The second kappa shape index (κ2) is 8.40. The molecule has 1 N–H and O–H groups in total. The van der Waals surface area contributed by atoms with E-state index in [1.165, 1.54) is 27.8 Å². The molecule has 0 spiro atoms. The monoisotopic (exact) mass is 426 g/mol. The van der Waals surface area contributed by atoms with Crippen LogP contribution >= 0.6 is 0 Å². The van der Waals surface area contributed by atoms with Crippen LogP contribution in [0.25, 0.3) is 10.9 Å². The van der Waals surface area contributed by atoms with Gasteiger partial charge >= 0.3 is 0 Å². The number of rotatable bonds is 5. The maximum atomic E-state index is 6.24. The van der Waals surface area contributed by atoms with Crippen molar-refractivity contribution >= 4 is 10.9 Å². The van der Waals surface area contributed by atoms with Crippen LogP contribution in [0.2, 0.25) is 0 Å². The minimum Gasteiger partial charge on any atom is -0.488 e. The van der Waals surface area contributed by atoms with E-state index in [0.29, 0.717) is 6.61 Å². The van der Waals surface area contributed by atoms with Crippen molar-refractivity contribution in [2.45, 2.75) is 52.3 Å². The number of aromatic amines is 1. The minimum atomic E-state index is -0.0215. The zero-order chi connectivity index (χ0) is 22.1. The lowest BCUT2D eigenvalue weighted by Gasteiger charge is -2.29. The molecule has 0 saturated heterocycles. The Bertz CT molecular complexity index is 1220. The fourth-order valence-electron chi connectivity index (χ4n) is 4.31. The summed E-state index contributed by atoms with van der Waals surface area (Å²) in [4.78, 5) is 15.4. The summed E-state index contributed by atoms with van der Waals surface area (Å²) < 4.78 is 6.24. The highest BCUT2D eigenvalue weighted by molar-refractivity contribution is 5.89. The number of nitrogens with zero attached hydrogens (tertiary/aromatic N) is 3. The molecule has 0 saturated carbocycles. The largest absolute Gasteiger partial charge is 0.488 e. The molecule has 0 amide bonds. The topological polar surface area (TPSA) is 54.0 Å². The highest BCUT2D eigenvalue weighted by Gasteiger charge is 2.23. The highest BCUT2D eigenvalue weighted by Crippen LogP contribution is 2.31. The number of benzene rings is 2. The summed E-state index contributed by atoms with van der Waals surface area (Å²) in [7, 11) is 0. The maximum absolute atomic E-state index is 6.24. The number of hydrogen-bond acceptors (Lipinski definition) is 4. The van der Waals surface area contributed by atoms with Gasteiger partial charge in [-0.1, -0.05) is 57.2 Å². The quantitative estimate of drug-likeness (QED) is 0.465. The molecule has 164 valence electrons. The molecule has 3 heterocycles. The average Bonchev–Trinajstić information content (AvgIpc) is 3.21.